The molecule has 0 aromatic heterocycles. The summed E-state index contributed by atoms with van der Waals surface area (Å²) in [5, 5.41) is 1.92. The van der Waals surface area contributed by atoms with Crippen LogP contribution in [0.4, 0.5) is 0 Å². The van der Waals surface area contributed by atoms with Crippen molar-refractivity contribution in [3.63, 3.8) is 0 Å². The van der Waals surface area contributed by atoms with E-state index in [0.29, 0.717) is 6.54 Å². The molecule has 0 saturated heterocycles. The highest BCUT2D eigenvalue weighted by atomic mass is 32.2. The van der Waals surface area contributed by atoms with Crippen LogP contribution in [0.2, 0.25) is 0 Å². The lowest BCUT2D eigenvalue weighted by Crippen LogP contribution is -2.34. The molecule has 0 heterocycles. The van der Waals surface area contributed by atoms with Crippen LogP contribution < -0.4 is 5.32 Å². The smallest absolute Gasteiger partial charge is 0.280 e. The predicted molar refractivity (Wildman–Crippen MR) is 62.4 cm³/mol. The molecule has 0 rings (SSSR count). The van der Waals surface area contributed by atoms with Crippen LogP contribution in [0.1, 0.15) is 52.4 Å². The van der Waals surface area contributed by atoms with E-state index in [1.165, 1.54) is 32.6 Å². The van der Waals surface area contributed by atoms with Gasteiger partial charge in [-0.1, -0.05) is 39.0 Å². The Morgan fingerprint density at radius 3 is 2.20 bits per heavy atom. The monoisotopic (exact) mass is 237 g/mol. The molecule has 5 heteroatoms. The average molecular weight is 237 g/mol. The molecule has 0 aromatic rings. The molecule has 2 N–H and O–H groups in total. The molecule has 4 nitrogen and oxygen atoms in total. The summed E-state index contributed by atoms with van der Waals surface area (Å²) >= 11 is 0. The first-order valence-electron chi connectivity index (χ1n) is 5.68. The third-order valence-corrected chi connectivity index (χ3v) is 3.47. The van der Waals surface area contributed by atoms with Crippen molar-refractivity contribution in [1.82, 2.24) is 5.32 Å². The van der Waals surface area contributed by atoms with Gasteiger partial charge in [-0.2, -0.15) is 8.42 Å². The van der Waals surface area contributed by atoms with Crippen molar-refractivity contribution in [3.8, 4) is 0 Å². The average Bonchev–Trinajstić information content (AvgIpc) is 2.14. The summed E-state index contributed by atoms with van der Waals surface area (Å²) < 4.78 is 29.9. The molecular weight excluding hydrogens is 214 g/mol. The van der Waals surface area contributed by atoms with Gasteiger partial charge in [-0.05, 0) is 19.9 Å². The molecule has 15 heavy (non-hydrogen) atoms. The topological polar surface area (TPSA) is 66.4 Å². The van der Waals surface area contributed by atoms with Crippen molar-refractivity contribution in [2.24, 2.45) is 0 Å². The quantitative estimate of drug-likeness (QED) is 0.476. The molecule has 0 aromatic carbocycles. The van der Waals surface area contributed by atoms with Crippen molar-refractivity contribution in [2.45, 2.75) is 57.7 Å². The standard InChI is InChI=1S/C10H23NO3S/c1-3-4-5-6-7-8-9-11-10(2)15(12,13)14/h10-11H,3-9H2,1-2H3,(H,12,13,14). The maximum Gasteiger partial charge on any atom is 0.280 e. The molecular formula is C10H23NO3S. The van der Waals surface area contributed by atoms with Crippen LogP contribution in [0.15, 0.2) is 0 Å². The second kappa shape index (κ2) is 8.07. The van der Waals surface area contributed by atoms with Crippen LogP contribution in [0.5, 0.6) is 0 Å². The minimum absolute atomic E-state index is 0.646. The van der Waals surface area contributed by atoms with E-state index in [9.17, 15) is 8.42 Å². The molecule has 0 fully saturated rings. The summed E-state index contributed by atoms with van der Waals surface area (Å²) in [4.78, 5) is 0. The zero-order valence-electron chi connectivity index (χ0n) is 9.70. The molecule has 0 radical (unpaired) electrons. The summed E-state index contributed by atoms with van der Waals surface area (Å²) in [7, 11) is -3.92. The minimum Gasteiger partial charge on any atom is -0.299 e. The molecule has 0 aliphatic carbocycles. The number of hydrogen-bond donors (Lipinski definition) is 2. The lowest BCUT2D eigenvalue weighted by molar-refractivity contribution is 0.452. The Labute approximate surface area is 93.2 Å². The Bertz CT molecular complexity index is 239. The second-order valence-corrected chi connectivity index (χ2v) is 5.62. The van der Waals surface area contributed by atoms with Gasteiger partial charge in [-0.25, -0.2) is 0 Å². The Hall–Kier alpha value is -0.130. The third-order valence-electron chi connectivity index (χ3n) is 2.41. The van der Waals surface area contributed by atoms with Crippen LogP contribution in [0.25, 0.3) is 0 Å². The highest BCUT2D eigenvalue weighted by Crippen LogP contribution is 2.04. The Morgan fingerprint density at radius 1 is 1.13 bits per heavy atom. The van der Waals surface area contributed by atoms with E-state index >= 15 is 0 Å². The lowest BCUT2D eigenvalue weighted by atomic mass is 10.1. The van der Waals surface area contributed by atoms with E-state index < -0.39 is 15.5 Å². The maximum absolute atomic E-state index is 10.6. The van der Waals surface area contributed by atoms with Crippen LogP contribution in [0.3, 0.4) is 0 Å². The summed E-state index contributed by atoms with van der Waals surface area (Å²) in [5.41, 5.74) is 0. The number of rotatable bonds is 9. The largest absolute Gasteiger partial charge is 0.299 e. The number of nitrogens with one attached hydrogen (secondary N) is 1. The highest BCUT2D eigenvalue weighted by Gasteiger charge is 2.14. The van der Waals surface area contributed by atoms with E-state index in [-0.39, 0.29) is 0 Å². The molecule has 1 unspecified atom stereocenters. The number of hydrogen-bond acceptors (Lipinski definition) is 3. The molecule has 0 aliphatic heterocycles. The van der Waals surface area contributed by atoms with Crippen LogP contribution in [0, 0.1) is 0 Å². The van der Waals surface area contributed by atoms with Gasteiger partial charge in [0.15, 0.2) is 0 Å². The summed E-state index contributed by atoms with van der Waals surface area (Å²) in [5.74, 6) is 0. The van der Waals surface area contributed by atoms with Gasteiger partial charge in [0, 0.05) is 0 Å². The molecule has 0 amide bonds. The fourth-order valence-corrected chi connectivity index (χ4v) is 1.64. The highest BCUT2D eigenvalue weighted by molar-refractivity contribution is 7.86. The third kappa shape index (κ3) is 8.84. The Kier molecular flexibility index (Phi) is 8.00. The van der Waals surface area contributed by atoms with E-state index in [0.717, 1.165) is 12.8 Å². The number of unbranched alkanes of at least 4 members (excludes halogenated alkanes) is 5. The van der Waals surface area contributed by atoms with Crippen molar-refractivity contribution >= 4 is 10.1 Å². The van der Waals surface area contributed by atoms with Crippen LogP contribution in [-0.2, 0) is 10.1 Å². The van der Waals surface area contributed by atoms with Gasteiger partial charge in [-0.15, -0.1) is 0 Å². The second-order valence-electron chi connectivity index (χ2n) is 3.88. The van der Waals surface area contributed by atoms with Crippen molar-refractivity contribution < 1.29 is 13.0 Å². The maximum atomic E-state index is 10.6. The van der Waals surface area contributed by atoms with E-state index in [2.05, 4.69) is 12.2 Å². The van der Waals surface area contributed by atoms with Gasteiger partial charge in [-0.3, -0.25) is 9.87 Å². The van der Waals surface area contributed by atoms with E-state index in [1.54, 1.807) is 0 Å². The van der Waals surface area contributed by atoms with Gasteiger partial charge >= 0.3 is 0 Å². The zero-order valence-corrected chi connectivity index (χ0v) is 10.5. The molecule has 0 saturated carbocycles. The van der Waals surface area contributed by atoms with Crippen LogP contribution >= 0.6 is 0 Å². The Morgan fingerprint density at radius 2 is 1.67 bits per heavy atom. The van der Waals surface area contributed by atoms with Gasteiger partial charge in [0.1, 0.15) is 5.37 Å². The normalized spacial score (nSPS) is 14.1. The summed E-state index contributed by atoms with van der Waals surface area (Å²) in [6, 6.07) is 0. The van der Waals surface area contributed by atoms with Crippen molar-refractivity contribution in [3.05, 3.63) is 0 Å². The zero-order chi connectivity index (χ0) is 11.7. The molecule has 0 aliphatic rings. The van der Waals surface area contributed by atoms with E-state index in [1.807, 2.05) is 0 Å². The first-order chi connectivity index (χ1) is 6.98. The van der Waals surface area contributed by atoms with Gasteiger partial charge in [0.25, 0.3) is 10.1 Å². The van der Waals surface area contributed by atoms with Crippen molar-refractivity contribution in [1.29, 1.82) is 0 Å². The Balaban J connectivity index is 3.32. The molecule has 1 atom stereocenters. The van der Waals surface area contributed by atoms with Crippen LogP contribution in [-0.4, -0.2) is 24.9 Å². The van der Waals surface area contributed by atoms with Gasteiger partial charge < -0.3 is 0 Å². The first kappa shape index (κ1) is 14.9. The minimum atomic E-state index is -3.92. The predicted octanol–water partition coefficient (Wildman–Crippen LogP) is 2.17. The van der Waals surface area contributed by atoms with Gasteiger partial charge in [0.2, 0.25) is 0 Å². The summed E-state index contributed by atoms with van der Waals surface area (Å²) in [6.07, 6.45) is 7.04. The van der Waals surface area contributed by atoms with Crippen molar-refractivity contribution in [2.75, 3.05) is 6.54 Å². The van der Waals surface area contributed by atoms with Gasteiger partial charge in [0.05, 0.1) is 0 Å². The van der Waals surface area contributed by atoms with E-state index in [4.69, 9.17) is 4.55 Å². The molecule has 0 bridgehead atoms. The SMILES string of the molecule is CCCCCCCCNC(C)S(=O)(=O)O. The summed E-state index contributed by atoms with van der Waals surface area (Å²) in [6.45, 7) is 4.27. The first-order valence-corrected chi connectivity index (χ1v) is 7.18. The molecule has 92 valence electrons. The fourth-order valence-electron chi connectivity index (χ4n) is 1.32. The lowest BCUT2D eigenvalue weighted by Gasteiger charge is -2.09. The molecule has 0 spiro atoms. The fraction of sp³-hybridized carbons (Fsp3) is 1.00.